The van der Waals surface area contributed by atoms with E-state index < -0.39 is 0 Å². The first-order valence-corrected chi connectivity index (χ1v) is 6.14. The number of carbonyl (C=O) groups excluding carboxylic acids is 1. The Hall–Kier alpha value is -1.36. The maximum Gasteiger partial charge on any atom is 0.256 e. The summed E-state index contributed by atoms with van der Waals surface area (Å²) in [5, 5.41) is 0.992. The lowest BCUT2D eigenvalue weighted by Gasteiger charge is -2.16. The first-order valence-electron chi connectivity index (χ1n) is 6.14. The monoisotopic (exact) mass is 313 g/mol. The lowest BCUT2D eigenvalue weighted by atomic mass is 10.1. The van der Waals surface area contributed by atoms with Gasteiger partial charge in [0.05, 0.1) is 11.1 Å². The van der Waals surface area contributed by atoms with Gasteiger partial charge in [-0.25, -0.2) is 0 Å². The van der Waals surface area contributed by atoms with E-state index in [1.165, 1.54) is 0 Å². The van der Waals surface area contributed by atoms with Gasteiger partial charge in [0, 0.05) is 30.7 Å². The van der Waals surface area contributed by atoms with Crippen LogP contribution in [0.1, 0.15) is 16.8 Å². The Morgan fingerprint density at radius 3 is 2.70 bits per heavy atom. The topological polar surface area (TPSA) is 59.2 Å². The number of rotatable bonds is 1. The molecule has 0 radical (unpaired) electrons. The normalized spacial score (nSPS) is 17.4. The Bertz CT molecular complexity index is 600. The highest BCUT2D eigenvalue weighted by Crippen LogP contribution is 2.19. The van der Waals surface area contributed by atoms with Gasteiger partial charge in [0.15, 0.2) is 0 Å². The van der Waals surface area contributed by atoms with Gasteiger partial charge >= 0.3 is 0 Å². The van der Waals surface area contributed by atoms with Crippen molar-refractivity contribution in [2.75, 3.05) is 13.1 Å². The number of carbonyl (C=O) groups is 1. The van der Waals surface area contributed by atoms with E-state index in [2.05, 4.69) is 4.98 Å². The second-order valence-corrected chi connectivity index (χ2v) is 4.68. The van der Waals surface area contributed by atoms with Crippen molar-refractivity contribution in [2.24, 2.45) is 5.73 Å². The van der Waals surface area contributed by atoms with Crippen LogP contribution in [0.2, 0.25) is 0 Å². The standard InChI is InChI=1S/C14H15N3O.2ClH/c15-11-6-8-17(9-11)14(18)12-5-1-3-10-4-2-7-16-13(10)12;;/h1-5,7,11H,6,8-9,15H2;2*1H/t11-;;/m1../s1. The van der Waals surface area contributed by atoms with Gasteiger partial charge in [-0.2, -0.15) is 0 Å². The summed E-state index contributed by atoms with van der Waals surface area (Å²) in [6.07, 6.45) is 2.60. The predicted molar refractivity (Wildman–Crippen MR) is 84.7 cm³/mol. The second-order valence-electron chi connectivity index (χ2n) is 4.68. The van der Waals surface area contributed by atoms with Crippen LogP contribution in [0.25, 0.3) is 10.9 Å². The van der Waals surface area contributed by atoms with Crippen LogP contribution in [0.5, 0.6) is 0 Å². The minimum atomic E-state index is 0. The molecule has 3 rings (SSSR count). The van der Waals surface area contributed by atoms with Crippen molar-refractivity contribution >= 4 is 41.6 Å². The first-order chi connectivity index (χ1) is 8.75. The van der Waals surface area contributed by atoms with Crippen molar-refractivity contribution in [2.45, 2.75) is 12.5 Å². The van der Waals surface area contributed by atoms with Crippen LogP contribution < -0.4 is 5.73 Å². The summed E-state index contributed by atoms with van der Waals surface area (Å²) in [7, 11) is 0. The van der Waals surface area contributed by atoms with Crippen molar-refractivity contribution in [3.05, 3.63) is 42.1 Å². The molecule has 0 bridgehead atoms. The molecule has 1 fully saturated rings. The Kier molecular flexibility index (Phi) is 5.74. The molecule has 1 aliphatic rings. The number of para-hydroxylation sites is 1. The molecule has 6 heteroatoms. The fraction of sp³-hybridized carbons (Fsp3) is 0.286. The van der Waals surface area contributed by atoms with Crippen LogP contribution in [0.3, 0.4) is 0 Å². The number of aromatic nitrogens is 1. The molecule has 1 saturated heterocycles. The quantitative estimate of drug-likeness (QED) is 0.878. The predicted octanol–water partition coefficient (Wildman–Crippen LogP) is 2.25. The molecule has 1 aliphatic heterocycles. The number of hydrogen-bond donors (Lipinski definition) is 1. The van der Waals surface area contributed by atoms with Gasteiger partial charge in [-0.1, -0.05) is 18.2 Å². The zero-order valence-electron chi connectivity index (χ0n) is 10.9. The lowest BCUT2D eigenvalue weighted by Crippen LogP contribution is -2.32. The molecular weight excluding hydrogens is 297 g/mol. The number of halogens is 2. The summed E-state index contributed by atoms with van der Waals surface area (Å²) in [4.78, 5) is 18.6. The summed E-state index contributed by atoms with van der Waals surface area (Å²) in [6, 6.07) is 9.65. The van der Waals surface area contributed by atoms with Gasteiger partial charge in [-0.05, 0) is 18.6 Å². The van der Waals surface area contributed by atoms with Crippen LogP contribution in [0, 0.1) is 0 Å². The Morgan fingerprint density at radius 1 is 1.25 bits per heavy atom. The van der Waals surface area contributed by atoms with Gasteiger partial charge in [-0.15, -0.1) is 24.8 Å². The van der Waals surface area contributed by atoms with Gasteiger partial charge in [0.25, 0.3) is 5.91 Å². The van der Waals surface area contributed by atoms with Gasteiger partial charge in [0.2, 0.25) is 0 Å². The molecule has 2 heterocycles. The van der Waals surface area contributed by atoms with E-state index in [1.54, 1.807) is 6.20 Å². The Balaban J connectivity index is 0.000001000. The van der Waals surface area contributed by atoms with Crippen LogP contribution >= 0.6 is 24.8 Å². The second kappa shape index (κ2) is 6.88. The summed E-state index contributed by atoms with van der Waals surface area (Å²) < 4.78 is 0. The third-order valence-electron chi connectivity index (χ3n) is 3.38. The van der Waals surface area contributed by atoms with Crippen molar-refractivity contribution in [1.29, 1.82) is 0 Å². The number of hydrogen-bond acceptors (Lipinski definition) is 3. The van der Waals surface area contributed by atoms with E-state index in [0.29, 0.717) is 12.1 Å². The van der Waals surface area contributed by atoms with Crippen LogP contribution in [0.4, 0.5) is 0 Å². The van der Waals surface area contributed by atoms with Crippen LogP contribution in [-0.2, 0) is 0 Å². The molecule has 0 spiro atoms. The van der Waals surface area contributed by atoms with E-state index in [4.69, 9.17) is 5.73 Å². The van der Waals surface area contributed by atoms with Crippen molar-refractivity contribution in [3.8, 4) is 0 Å². The third-order valence-corrected chi connectivity index (χ3v) is 3.38. The van der Waals surface area contributed by atoms with Crippen molar-refractivity contribution < 1.29 is 4.79 Å². The lowest BCUT2D eigenvalue weighted by molar-refractivity contribution is 0.0792. The molecule has 0 saturated carbocycles. The van der Waals surface area contributed by atoms with Crippen molar-refractivity contribution in [3.63, 3.8) is 0 Å². The minimum absolute atomic E-state index is 0. The molecule has 4 nitrogen and oxygen atoms in total. The molecule has 1 aromatic carbocycles. The van der Waals surface area contributed by atoms with E-state index in [9.17, 15) is 4.79 Å². The number of nitrogens with zero attached hydrogens (tertiary/aromatic N) is 2. The van der Waals surface area contributed by atoms with E-state index >= 15 is 0 Å². The summed E-state index contributed by atoms with van der Waals surface area (Å²) in [5.41, 5.74) is 7.28. The highest BCUT2D eigenvalue weighted by molar-refractivity contribution is 6.05. The highest BCUT2D eigenvalue weighted by atomic mass is 35.5. The van der Waals surface area contributed by atoms with Crippen molar-refractivity contribution in [1.82, 2.24) is 9.88 Å². The highest BCUT2D eigenvalue weighted by Gasteiger charge is 2.25. The third kappa shape index (κ3) is 3.03. The molecule has 108 valence electrons. The smallest absolute Gasteiger partial charge is 0.256 e. The maximum absolute atomic E-state index is 12.4. The summed E-state index contributed by atoms with van der Waals surface area (Å²) >= 11 is 0. The molecule has 2 aromatic rings. The Morgan fingerprint density at radius 2 is 2.00 bits per heavy atom. The fourth-order valence-corrected chi connectivity index (χ4v) is 2.42. The van der Waals surface area contributed by atoms with Gasteiger partial charge in [0.1, 0.15) is 0 Å². The number of benzene rings is 1. The first kappa shape index (κ1) is 16.7. The van der Waals surface area contributed by atoms with Crippen LogP contribution in [-0.4, -0.2) is 34.9 Å². The van der Waals surface area contributed by atoms with Gasteiger partial charge in [-0.3, -0.25) is 9.78 Å². The summed E-state index contributed by atoms with van der Waals surface area (Å²) in [6.45, 7) is 1.38. The molecule has 20 heavy (non-hydrogen) atoms. The molecule has 1 atom stereocenters. The molecule has 0 aliphatic carbocycles. The zero-order chi connectivity index (χ0) is 12.5. The molecule has 1 amide bonds. The van der Waals surface area contributed by atoms with E-state index in [-0.39, 0.29) is 36.8 Å². The van der Waals surface area contributed by atoms with Gasteiger partial charge < -0.3 is 10.6 Å². The molecule has 1 aromatic heterocycles. The fourth-order valence-electron chi connectivity index (χ4n) is 2.42. The Labute approximate surface area is 130 Å². The zero-order valence-corrected chi connectivity index (χ0v) is 12.5. The number of likely N-dealkylation sites (tertiary alicyclic amines) is 1. The summed E-state index contributed by atoms with van der Waals surface area (Å²) in [5.74, 6) is 0.0345. The number of nitrogens with two attached hydrogens (primary N) is 1. The molecule has 2 N–H and O–H groups in total. The number of amides is 1. The minimum Gasteiger partial charge on any atom is -0.337 e. The maximum atomic E-state index is 12.4. The molecular formula is C14H17Cl2N3O. The molecule has 0 unspecified atom stereocenters. The average molecular weight is 314 g/mol. The number of pyridine rings is 1. The average Bonchev–Trinajstić information content (AvgIpc) is 2.84. The van der Waals surface area contributed by atoms with E-state index in [0.717, 1.165) is 23.9 Å². The SMILES string of the molecule is Cl.Cl.N[C@@H]1CCN(C(=O)c2cccc3cccnc23)C1. The van der Waals surface area contributed by atoms with Crippen LogP contribution in [0.15, 0.2) is 36.5 Å². The van der Waals surface area contributed by atoms with E-state index in [1.807, 2.05) is 35.2 Å². The number of fused-ring (bicyclic) bond motifs is 1. The largest absolute Gasteiger partial charge is 0.337 e.